The van der Waals surface area contributed by atoms with Crippen molar-refractivity contribution in [3.63, 3.8) is 0 Å². The van der Waals surface area contributed by atoms with Gasteiger partial charge in [0.15, 0.2) is 0 Å². The molecule has 3 rings (SSSR count). The molecule has 2 aliphatic heterocycles. The van der Waals surface area contributed by atoms with Crippen LogP contribution < -0.4 is 4.90 Å². The Kier molecular flexibility index (Phi) is 3.23. The van der Waals surface area contributed by atoms with Gasteiger partial charge in [-0.15, -0.1) is 0 Å². The molecule has 0 spiro atoms. The Labute approximate surface area is 112 Å². The Morgan fingerprint density at radius 3 is 2.47 bits per heavy atom. The lowest BCUT2D eigenvalue weighted by Crippen LogP contribution is -2.45. The first-order valence-corrected chi connectivity index (χ1v) is 7.00. The van der Waals surface area contributed by atoms with Crippen LogP contribution in [0, 0.1) is 5.82 Å². The van der Waals surface area contributed by atoms with Crippen molar-refractivity contribution in [2.75, 3.05) is 4.90 Å². The maximum absolute atomic E-state index is 14.0. The summed E-state index contributed by atoms with van der Waals surface area (Å²) in [6.45, 7) is 1.60. The van der Waals surface area contributed by atoms with Gasteiger partial charge in [0.1, 0.15) is 5.82 Å². The highest BCUT2D eigenvalue weighted by Gasteiger charge is 2.41. The van der Waals surface area contributed by atoms with E-state index >= 15 is 0 Å². The van der Waals surface area contributed by atoms with E-state index in [-0.39, 0.29) is 24.0 Å². The average Bonchev–Trinajstić information content (AvgIpc) is 2.60. The number of halogens is 1. The molecule has 2 bridgehead atoms. The van der Waals surface area contributed by atoms with Crippen LogP contribution in [0.3, 0.4) is 0 Å². The van der Waals surface area contributed by atoms with Gasteiger partial charge in [-0.25, -0.2) is 4.39 Å². The Morgan fingerprint density at radius 2 is 1.89 bits per heavy atom. The van der Waals surface area contributed by atoms with Crippen molar-refractivity contribution in [2.45, 2.75) is 56.9 Å². The highest BCUT2D eigenvalue weighted by molar-refractivity contribution is 5.58. The predicted octanol–water partition coefficient (Wildman–Crippen LogP) is 2.37. The zero-order valence-electron chi connectivity index (χ0n) is 11.1. The Bertz CT molecular complexity index is 463. The highest BCUT2D eigenvalue weighted by Crippen LogP contribution is 2.42. The molecule has 4 heteroatoms. The van der Waals surface area contributed by atoms with Crippen molar-refractivity contribution in [3.05, 3.63) is 29.6 Å². The standard InChI is InChI=1S/C15H20FNO2/c1-9(18)15-13(16)3-2-4-14(15)17-10-5-6-11(17)8-12(19)7-10/h2-4,9-12,18-19H,5-8H2,1H3/t9-,10?,11?,12?/m0/s1. The van der Waals surface area contributed by atoms with E-state index in [1.54, 1.807) is 13.0 Å². The molecule has 1 aromatic rings. The summed E-state index contributed by atoms with van der Waals surface area (Å²) in [6.07, 6.45) is 2.51. The van der Waals surface area contributed by atoms with E-state index in [9.17, 15) is 14.6 Å². The molecule has 2 unspecified atom stereocenters. The summed E-state index contributed by atoms with van der Waals surface area (Å²) >= 11 is 0. The lowest BCUT2D eigenvalue weighted by atomic mass is 9.96. The fourth-order valence-electron chi connectivity index (χ4n) is 3.71. The minimum absolute atomic E-state index is 0.239. The first-order chi connectivity index (χ1) is 9.08. The van der Waals surface area contributed by atoms with Crippen molar-refractivity contribution in [2.24, 2.45) is 0 Å². The molecule has 2 N–H and O–H groups in total. The summed E-state index contributed by atoms with van der Waals surface area (Å²) in [5.74, 6) is -0.349. The molecule has 2 fully saturated rings. The molecule has 0 aromatic heterocycles. The van der Waals surface area contributed by atoms with E-state index in [0.29, 0.717) is 5.56 Å². The SMILES string of the molecule is C[C@H](O)c1c(F)cccc1N1C2CCC1CC(O)C2. The van der Waals surface area contributed by atoms with Gasteiger partial charge < -0.3 is 15.1 Å². The van der Waals surface area contributed by atoms with Crippen molar-refractivity contribution in [1.82, 2.24) is 0 Å². The van der Waals surface area contributed by atoms with Crippen LogP contribution in [0.15, 0.2) is 18.2 Å². The van der Waals surface area contributed by atoms with Gasteiger partial charge in [0.05, 0.1) is 12.2 Å². The van der Waals surface area contributed by atoms with E-state index in [1.165, 1.54) is 6.07 Å². The largest absolute Gasteiger partial charge is 0.393 e. The lowest BCUT2D eigenvalue weighted by Gasteiger charge is -2.40. The molecule has 2 heterocycles. The van der Waals surface area contributed by atoms with Crippen LogP contribution in [0.5, 0.6) is 0 Å². The van der Waals surface area contributed by atoms with Crippen LogP contribution in [-0.2, 0) is 0 Å². The van der Waals surface area contributed by atoms with Crippen LogP contribution in [0.25, 0.3) is 0 Å². The number of hydrogen-bond acceptors (Lipinski definition) is 3. The number of piperidine rings is 1. The number of anilines is 1. The summed E-state index contributed by atoms with van der Waals surface area (Å²) in [7, 11) is 0. The van der Waals surface area contributed by atoms with Crippen LogP contribution in [0.1, 0.15) is 44.3 Å². The monoisotopic (exact) mass is 265 g/mol. The van der Waals surface area contributed by atoms with Gasteiger partial charge >= 0.3 is 0 Å². The van der Waals surface area contributed by atoms with Gasteiger partial charge in [0.25, 0.3) is 0 Å². The topological polar surface area (TPSA) is 43.7 Å². The average molecular weight is 265 g/mol. The normalized spacial score (nSPS) is 31.6. The maximum Gasteiger partial charge on any atom is 0.131 e. The van der Waals surface area contributed by atoms with Crippen LogP contribution >= 0.6 is 0 Å². The Hall–Kier alpha value is -1.13. The van der Waals surface area contributed by atoms with Crippen LogP contribution in [0.2, 0.25) is 0 Å². The summed E-state index contributed by atoms with van der Waals surface area (Å²) in [5.41, 5.74) is 1.19. The molecule has 0 aliphatic carbocycles. The first kappa shape index (κ1) is 12.9. The minimum atomic E-state index is -0.817. The number of hydrogen-bond donors (Lipinski definition) is 2. The highest BCUT2D eigenvalue weighted by atomic mass is 19.1. The smallest absolute Gasteiger partial charge is 0.131 e. The third kappa shape index (κ3) is 2.13. The number of nitrogens with zero attached hydrogens (tertiary/aromatic N) is 1. The van der Waals surface area contributed by atoms with Gasteiger partial charge in [0.2, 0.25) is 0 Å². The summed E-state index contributed by atoms with van der Waals surface area (Å²) in [5, 5.41) is 19.7. The molecule has 1 aromatic carbocycles. The van der Waals surface area contributed by atoms with Crippen LogP contribution in [0.4, 0.5) is 10.1 Å². The first-order valence-electron chi connectivity index (χ1n) is 7.00. The van der Waals surface area contributed by atoms with E-state index in [2.05, 4.69) is 4.90 Å². The third-order valence-electron chi connectivity index (χ3n) is 4.43. The molecular weight excluding hydrogens is 245 g/mol. The number of aliphatic hydroxyl groups is 2. The van der Waals surface area contributed by atoms with Crippen LogP contribution in [-0.4, -0.2) is 28.4 Å². The fourth-order valence-corrected chi connectivity index (χ4v) is 3.71. The third-order valence-corrected chi connectivity index (χ3v) is 4.43. The summed E-state index contributed by atoms with van der Waals surface area (Å²) in [4.78, 5) is 2.22. The van der Waals surface area contributed by atoms with E-state index < -0.39 is 6.10 Å². The van der Waals surface area contributed by atoms with Gasteiger partial charge in [-0.2, -0.15) is 0 Å². The molecule has 3 nitrogen and oxygen atoms in total. The molecule has 0 saturated carbocycles. The number of fused-ring (bicyclic) bond motifs is 2. The zero-order valence-corrected chi connectivity index (χ0v) is 11.1. The quantitative estimate of drug-likeness (QED) is 0.863. The predicted molar refractivity (Wildman–Crippen MR) is 71.6 cm³/mol. The molecule has 19 heavy (non-hydrogen) atoms. The van der Waals surface area contributed by atoms with Crippen molar-refractivity contribution >= 4 is 5.69 Å². The maximum atomic E-state index is 14.0. The molecule has 0 radical (unpaired) electrons. The van der Waals surface area contributed by atoms with Gasteiger partial charge in [-0.1, -0.05) is 6.07 Å². The van der Waals surface area contributed by atoms with Gasteiger partial charge in [0, 0.05) is 23.3 Å². The minimum Gasteiger partial charge on any atom is -0.393 e. The van der Waals surface area contributed by atoms with E-state index in [0.717, 1.165) is 31.4 Å². The van der Waals surface area contributed by atoms with Crippen molar-refractivity contribution in [3.8, 4) is 0 Å². The Morgan fingerprint density at radius 1 is 1.26 bits per heavy atom. The summed E-state index contributed by atoms with van der Waals surface area (Å²) < 4.78 is 14.0. The molecule has 104 valence electrons. The van der Waals surface area contributed by atoms with Gasteiger partial charge in [-0.3, -0.25) is 0 Å². The zero-order chi connectivity index (χ0) is 13.6. The second-order valence-corrected chi connectivity index (χ2v) is 5.77. The lowest BCUT2D eigenvalue weighted by molar-refractivity contribution is 0.126. The summed E-state index contributed by atoms with van der Waals surface area (Å²) in [6, 6.07) is 5.52. The molecule has 2 saturated heterocycles. The second kappa shape index (κ2) is 4.76. The van der Waals surface area contributed by atoms with E-state index in [4.69, 9.17) is 0 Å². The fraction of sp³-hybridized carbons (Fsp3) is 0.600. The van der Waals surface area contributed by atoms with Crippen molar-refractivity contribution in [1.29, 1.82) is 0 Å². The van der Waals surface area contributed by atoms with Gasteiger partial charge in [-0.05, 0) is 44.7 Å². The Balaban J connectivity index is 2.01. The molecule has 2 aliphatic rings. The number of aliphatic hydroxyl groups excluding tert-OH is 2. The molecular formula is C15H20FNO2. The second-order valence-electron chi connectivity index (χ2n) is 5.77. The number of rotatable bonds is 2. The molecule has 3 atom stereocenters. The molecule has 0 amide bonds. The van der Waals surface area contributed by atoms with E-state index in [1.807, 2.05) is 6.07 Å². The van der Waals surface area contributed by atoms with Crippen molar-refractivity contribution < 1.29 is 14.6 Å². The number of benzene rings is 1.